The Hall–Kier alpha value is -3.85. The van der Waals surface area contributed by atoms with Gasteiger partial charge in [0.05, 0.1) is 11.1 Å². The van der Waals surface area contributed by atoms with Crippen molar-refractivity contribution in [1.82, 2.24) is 5.43 Å². The van der Waals surface area contributed by atoms with Crippen molar-refractivity contribution < 1.29 is 19.2 Å². The Kier molecular flexibility index (Phi) is 5.87. The standard InChI is InChI=1S/C19H13N3O5S/c23-18(14-6-8-15(9-7-14)22(25)26)21-20-12-13-3-1-4-16(11-13)27-19(24)17-5-2-10-28-17/h1-12H,(H,21,23)/b20-12-. The van der Waals surface area contributed by atoms with Crippen molar-refractivity contribution in [3.63, 3.8) is 0 Å². The van der Waals surface area contributed by atoms with E-state index in [4.69, 9.17) is 4.74 Å². The van der Waals surface area contributed by atoms with Crippen molar-refractivity contribution in [3.8, 4) is 5.75 Å². The average Bonchev–Trinajstić information content (AvgIpc) is 3.23. The first-order valence-electron chi connectivity index (χ1n) is 7.96. The molecule has 2 aromatic carbocycles. The molecule has 1 amide bonds. The summed E-state index contributed by atoms with van der Waals surface area (Å²) < 4.78 is 5.29. The Morgan fingerprint density at radius 3 is 2.57 bits per heavy atom. The largest absolute Gasteiger partial charge is 0.422 e. The molecule has 3 rings (SSSR count). The van der Waals surface area contributed by atoms with Gasteiger partial charge in [-0.3, -0.25) is 14.9 Å². The molecule has 0 radical (unpaired) electrons. The fraction of sp³-hybridized carbons (Fsp3) is 0. The zero-order valence-electron chi connectivity index (χ0n) is 14.3. The van der Waals surface area contributed by atoms with Crippen LogP contribution in [0.4, 0.5) is 5.69 Å². The molecule has 1 N–H and O–H groups in total. The number of non-ortho nitro benzene ring substituents is 1. The first kappa shape index (κ1) is 18.9. The SMILES string of the molecule is O=C(N/N=C\c1cccc(OC(=O)c2cccs2)c1)c1ccc([N+](=O)[O-])cc1. The Bertz CT molecular complexity index is 1030. The van der Waals surface area contributed by atoms with E-state index in [-0.39, 0.29) is 11.3 Å². The number of hydrogen-bond donors (Lipinski definition) is 1. The van der Waals surface area contributed by atoms with Crippen LogP contribution in [0.2, 0.25) is 0 Å². The van der Waals surface area contributed by atoms with Crippen molar-refractivity contribution >= 4 is 35.1 Å². The lowest BCUT2D eigenvalue weighted by molar-refractivity contribution is -0.384. The van der Waals surface area contributed by atoms with Gasteiger partial charge >= 0.3 is 5.97 Å². The van der Waals surface area contributed by atoms with Crippen LogP contribution in [0.15, 0.2) is 71.1 Å². The van der Waals surface area contributed by atoms with Crippen molar-refractivity contribution in [2.45, 2.75) is 0 Å². The number of benzene rings is 2. The average molecular weight is 395 g/mol. The minimum absolute atomic E-state index is 0.103. The Morgan fingerprint density at radius 2 is 1.89 bits per heavy atom. The number of nitro benzene ring substituents is 1. The number of hydrazone groups is 1. The summed E-state index contributed by atoms with van der Waals surface area (Å²) in [5, 5.41) is 16.3. The molecule has 0 atom stereocenters. The molecule has 0 saturated carbocycles. The third-order valence-electron chi connectivity index (χ3n) is 3.51. The van der Waals surface area contributed by atoms with Crippen LogP contribution in [0, 0.1) is 10.1 Å². The van der Waals surface area contributed by atoms with E-state index >= 15 is 0 Å². The topological polar surface area (TPSA) is 111 Å². The van der Waals surface area contributed by atoms with Crippen LogP contribution in [0.25, 0.3) is 0 Å². The number of nitrogens with one attached hydrogen (secondary N) is 1. The summed E-state index contributed by atoms with van der Waals surface area (Å²) in [5.74, 6) is -0.606. The summed E-state index contributed by atoms with van der Waals surface area (Å²) in [6.07, 6.45) is 1.39. The first-order chi connectivity index (χ1) is 13.5. The van der Waals surface area contributed by atoms with E-state index in [0.717, 1.165) is 0 Å². The summed E-state index contributed by atoms with van der Waals surface area (Å²) in [4.78, 5) is 34.5. The van der Waals surface area contributed by atoms with Crippen LogP contribution in [-0.2, 0) is 0 Å². The van der Waals surface area contributed by atoms with Gasteiger partial charge in [0.1, 0.15) is 10.6 Å². The number of carbonyl (C=O) groups is 2. The molecule has 0 saturated heterocycles. The number of thiophene rings is 1. The van der Waals surface area contributed by atoms with Crippen molar-refractivity contribution in [3.05, 3.63) is 92.2 Å². The van der Waals surface area contributed by atoms with Gasteiger partial charge in [0, 0.05) is 17.7 Å². The van der Waals surface area contributed by atoms with E-state index in [1.165, 1.54) is 41.8 Å². The van der Waals surface area contributed by atoms with Crippen molar-refractivity contribution in [2.75, 3.05) is 0 Å². The molecule has 0 aliphatic heterocycles. The molecule has 9 heteroatoms. The van der Waals surface area contributed by atoms with Gasteiger partial charge in [0.2, 0.25) is 0 Å². The molecular weight excluding hydrogens is 382 g/mol. The maximum Gasteiger partial charge on any atom is 0.353 e. The third kappa shape index (κ3) is 4.86. The quantitative estimate of drug-likeness (QED) is 0.225. The molecule has 0 aliphatic rings. The lowest BCUT2D eigenvalue weighted by Gasteiger charge is -2.03. The first-order valence-corrected chi connectivity index (χ1v) is 8.84. The molecule has 0 unspecified atom stereocenters. The number of ether oxygens (including phenoxy) is 1. The third-order valence-corrected chi connectivity index (χ3v) is 4.36. The molecule has 3 aromatic rings. The Labute approximate surface area is 163 Å². The van der Waals surface area contributed by atoms with E-state index in [1.54, 1.807) is 41.8 Å². The van der Waals surface area contributed by atoms with E-state index in [9.17, 15) is 19.7 Å². The highest BCUT2D eigenvalue weighted by molar-refractivity contribution is 7.12. The maximum atomic E-state index is 12.0. The predicted molar refractivity (Wildman–Crippen MR) is 104 cm³/mol. The van der Waals surface area contributed by atoms with Gasteiger partial charge in [-0.05, 0) is 41.3 Å². The summed E-state index contributed by atoms with van der Waals surface area (Å²) >= 11 is 1.29. The highest BCUT2D eigenvalue weighted by atomic mass is 32.1. The molecule has 140 valence electrons. The lowest BCUT2D eigenvalue weighted by atomic mass is 10.2. The molecule has 1 heterocycles. The van der Waals surface area contributed by atoms with Gasteiger partial charge in [0.15, 0.2) is 0 Å². The minimum atomic E-state index is -0.544. The molecule has 8 nitrogen and oxygen atoms in total. The van der Waals surface area contributed by atoms with Crippen LogP contribution in [0.5, 0.6) is 5.75 Å². The highest BCUT2D eigenvalue weighted by Gasteiger charge is 2.10. The second kappa shape index (κ2) is 8.69. The van der Waals surface area contributed by atoms with Gasteiger partial charge in [-0.25, -0.2) is 10.2 Å². The zero-order chi connectivity index (χ0) is 19.9. The summed E-state index contributed by atoms with van der Waals surface area (Å²) in [5.41, 5.74) is 3.08. The van der Waals surface area contributed by atoms with Crippen molar-refractivity contribution in [2.24, 2.45) is 5.10 Å². The van der Waals surface area contributed by atoms with Gasteiger partial charge < -0.3 is 4.74 Å². The summed E-state index contributed by atoms with van der Waals surface area (Å²) in [6, 6.07) is 15.3. The number of amides is 1. The number of hydrogen-bond acceptors (Lipinski definition) is 7. The molecule has 0 fully saturated rings. The summed E-state index contributed by atoms with van der Waals surface area (Å²) in [6.45, 7) is 0. The second-order valence-corrected chi connectivity index (χ2v) is 6.39. The lowest BCUT2D eigenvalue weighted by Crippen LogP contribution is -2.17. The van der Waals surface area contributed by atoms with Gasteiger partial charge in [-0.2, -0.15) is 5.10 Å². The monoisotopic (exact) mass is 395 g/mol. The van der Waals surface area contributed by atoms with Crippen LogP contribution < -0.4 is 10.2 Å². The minimum Gasteiger partial charge on any atom is -0.422 e. The number of nitrogens with zero attached hydrogens (tertiary/aromatic N) is 2. The van der Waals surface area contributed by atoms with E-state index in [0.29, 0.717) is 16.2 Å². The van der Waals surface area contributed by atoms with Crippen molar-refractivity contribution in [1.29, 1.82) is 0 Å². The number of nitro groups is 1. The van der Waals surface area contributed by atoms with Crippen LogP contribution >= 0.6 is 11.3 Å². The van der Waals surface area contributed by atoms with Crippen LogP contribution in [0.3, 0.4) is 0 Å². The zero-order valence-corrected chi connectivity index (χ0v) is 15.1. The van der Waals surface area contributed by atoms with Crippen LogP contribution in [-0.4, -0.2) is 23.0 Å². The molecule has 0 aliphatic carbocycles. The van der Waals surface area contributed by atoms with Gasteiger partial charge in [-0.15, -0.1) is 11.3 Å². The second-order valence-electron chi connectivity index (χ2n) is 5.44. The fourth-order valence-corrected chi connectivity index (χ4v) is 2.77. The van der Waals surface area contributed by atoms with E-state index in [2.05, 4.69) is 10.5 Å². The van der Waals surface area contributed by atoms with Gasteiger partial charge in [-0.1, -0.05) is 18.2 Å². The van der Waals surface area contributed by atoms with Gasteiger partial charge in [0.25, 0.3) is 11.6 Å². The summed E-state index contributed by atoms with van der Waals surface area (Å²) in [7, 11) is 0. The predicted octanol–water partition coefficient (Wildman–Crippen LogP) is 3.64. The van der Waals surface area contributed by atoms with E-state index < -0.39 is 16.8 Å². The molecular formula is C19H13N3O5S. The number of esters is 1. The molecule has 0 bridgehead atoms. The highest BCUT2D eigenvalue weighted by Crippen LogP contribution is 2.16. The number of rotatable bonds is 6. The molecule has 28 heavy (non-hydrogen) atoms. The number of carbonyl (C=O) groups excluding carboxylic acids is 2. The molecule has 1 aromatic heterocycles. The Balaban J connectivity index is 1.60. The fourth-order valence-electron chi connectivity index (χ4n) is 2.17. The normalized spacial score (nSPS) is 10.6. The maximum absolute atomic E-state index is 12.0. The Morgan fingerprint density at radius 1 is 1.11 bits per heavy atom. The van der Waals surface area contributed by atoms with E-state index in [1.807, 2.05) is 0 Å². The van der Waals surface area contributed by atoms with Crippen LogP contribution in [0.1, 0.15) is 25.6 Å². The smallest absolute Gasteiger partial charge is 0.353 e. The molecule has 0 spiro atoms.